The van der Waals surface area contributed by atoms with E-state index in [1.54, 1.807) is 10.7 Å². The highest BCUT2D eigenvalue weighted by molar-refractivity contribution is 7.09. The van der Waals surface area contributed by atoms with Gasteiger partial charge in [0, 0.05) is 6.20 Å². The summed E-state index contributed by atoms with van der Waals surface area (Å²) in [5, 5.41) is 5.02. The van der Waals surface area contributed by atoms with Crippen LogP contribution in [-0.2, 0) is 0 Å². The first-order valence-corrected chi connectivity index (χ1v) is 5.14. The van der Waals surface area contributed by atoms with Crippen molar-refractivity contribution in [2.45, 2.75) is 0 Å². The Hall–Kier alpha value is -1.95. The van der Waals surface area contributed by atoms with Crippen molar-refractivity contribution in [2.24, 2.45) is 0 Å². The number of pyridine rings is 1. The van der Waals surface area contributed by atoms with Crippen LogP contribution in [0.4, 0.5) is 5.95 Å². The van der Waals surface area contributed by atoms with Gasteiger partial charge in [0.25, 0.3) is 0 Å². The van der Waals surface area contributed by atoms with Crippen LogP contribution in [0.3, 0.4) is 0 Å². The summed E-state index contributed by atoms with van der Waals surface area (Å²) in [5.41, 5.74) is 7.46. The van der Waals surface area contributed by atoms with Crippen molar-refractivity contribution in [3.8, 4) is 10.6 Å². The first-order chi connectivity index (χ1) is 7.34. The van der Waals surface area contributed by atoms with Crippen LogP contribution in [0.2, 0.25) is 0 Å². The lowest BCUT2D eigenvalue weighted by molar-refractivity contribution is 0.961. The minimum Gasteiger partial charge on any atom is -0.367 e. The molecule has 6 heteroatoms. The average molecular weight is 217 g/mol. The van der Waals surface area contributed by atoms with Gasteiger partial charge in [-0.3, -0.25) is 0 Å². The Morgan fingerprint density at radius 3 is 3.07 bits per heavy atom. The van der Waals surface area contributed by atoms with E-state index in [2.05, 4.69) is 14.5 Å². The van der Waals surface area contributed by atoms with Crippen LogP contribution in [0.15, 0.2) is 30.6 Å². The lowest BCUT2D eigenvalue weighted by atomic mass is 10.3. The van der Waals surface area contributed by atoms with Gasteiger partial charge in [-0.25, -0.2) is 4.52 Å². The van der Waals surface area contributed by atoms with E-state index in [1.165, 1.54) is 11.5 Å². The van der Waals surface area contributed by atoms with Crippen molar-refractivity contribution in [1.29, 1.82) is 0 Å². The molecule has 0 aromatic carbocycles. The smallest absolute Gasteiger partial charge is 0.232 e. The number of hydrogen-bond acceptors (Lipinski definition) is 5. The van der Waals surface area contributed by atoms with Crippen LogP contribution in [0.25, 0.3) is 16.1 Å². The average Bonchev–Trinajstić information content (AvgIpc) is 2.83. The summed E-state index contributed by atoms with van der Waals surface area (Å²) in [6.07, 6.45) is 3.67. The molecule has 0 saturated heterocycles. The maximum atomic E-state index is 5.49. The highest BCUT2D eigenvalue weighted by Gasteiger charge is 2.09. The SMILES string of the molecule is Nc1nsc(-c2cnn3ccccc23)n1. The lowest BCUT2D eigenvalue weighted by Gasteiger charge is -1.92. The molecule has 0 fully saturated rings. The van der Waals surface area contributed by atoms with Gasteiger partial charge in [0.05, 0.1) is 17.3 Å². The van der Waals surface area contributed by atoms with Crippen LogP contribution >= 0.6 is 11.5 Å². The van der Waals surface area contributed by atoms with E-state index in [9.17, 15) is 0 Å². The normalized spacial score (nSPS) is 10.9. The molecule has 0 aliphatic rings. The minimum atomic E-state index is 0.310. The van der Waals surface area contributed by atoms with Crippen LogP contribution in [-0.4, -0.2) is 19.0 Å². The van der Waals surface area contributed by atoms with Crippen molar-refractivity contribution in [1.82, 2.24) is 19.0 Å². The molecule has 5 nitrogen and oxygen atoms in total. The van der Waals surface area contributed by atoms with Gasteiger partial charge in [-0.05, 0) is 23.7 Å². The van der Waals surface area contributed by atoms with Gasteiger partial charge in [-0.2, -0.15) is 14.5 Å². The van der Waals surface area contributed by atoms with E-state index >= 15 is 0 Å². The fraction of sp³-hybridized carbons (Fsp3) is 0. The zero-order valence-corrected chi connectivity index (χ0v) is 8.48. The Bertz CT molecular complexity index is 612. The molecule has 0 spiro atoms. The van der Waals surface area contributed by atoms with E-state index in [4.69, 9.17) is 5.73 Å². The van der Waals surface area contributed by atoms with E-state index in [1.807, 2.05) is 24.4 Å². The molecule has 0 atom stereocenters. The predicted octanol–water partition coefficient (Wildman–Crippen LogP) is 1.43. The molecular formula is C9H7N5S. The summed E-state index contributed by atoms with van der Waals surface area (Å²) < 4.78 is 5.75. The lowest BCUT2D eigenvalue weighted by Crippen LogP contribution is -1.86. The number of nitrogens with two attached hydrogens (primary N) is 1. The summed E-state index contributed by atoms with van der Waals surface area (Å²) in [6.45, 7) is 0. The molecule has 0 aliphatic carbocycles. The predicted molar refractivity (Wildman–Crippen MR) is 58.5 cm³/mol. The summed E-state index contributed by atoms with van der Waals surface area (Å²) >= 11 is 1.28. The Morgan fingerprint density at radius 1 is 1.33 bits per heavy atom. The van der Waals surface area contributed by atoms with Crippen LogP contribution in [0.1, 0.15) is 0 Å². The molecule has 3 aromatic heterocycles. The molecule has 0 aliphatic heterocycles. The van der Waals surface area contributed by atoms with Gasteiger partial charge in [0.2, 0.25) is 5.95 Å². The third-order valence-corrected chi connectivity index (χ3v) is 2.86. The van der Waals surface area contributed by atoms with Gasteiger partial charge in [-0.1, -0.05) is 6.07 Å². The van der Waals surface area contributed by atoms with Crippen LogP contribution in [0.5, 0.6) is 0 Å². The maximum Gasteiger partial charge on any atom is 0.232 e. The fourth-order valence-electron chi connectivity index (χ4n) is 1.44. The maximum absolute atomic E-state index is 5.49. The van der Waals surface area contributed by atoms with Crippen molar-refractivity contribution in [3.63, 3.8) is 0 Å². The van der Waals surface area contributed by atoms with Gasteiger partial charge >= 0.3 is 0 Å². The third-order valence-electron chi connectivity index (χ3n) is 2.10. The fourth-order valence-corrected chi connectivity index (χ4v) is 2.05. The molecule has 3 heterocycles. The molecule has 0 unspecified atom stereocenters. The highest BCUT2D eigenvalue weighted by atomic mass is 32.1. The Labute approximate surface area is 89.4 Å². The largest absolute Gasteiger partial charge is 0.367 e. The standard InChI is InChI=1S/C9H7N5S/c10-9-12-8(15-13-9)6-5-11-14-4-2-1-3-7(6)14/h1-5H,(H2,10,13). The van der Waals surface area contributed by atoms with Crippen molar-refractivity contribution < 1.29 is 0 Å². The van der Waals surface area contributed by atoms with Gasteiger partial charge in [0.15, 0.2) is 0 Å². The van der Waals surface area contributed by atoms with E-state index < -0.39 is 0 Å². The molecule has 3 aromatic rings. The molecule has 74 valence electrons. The molecule has 2 N–H and O–H groups in total. The first-order valence-electron chi connectivity index (χ1n) is 4.36. The number of nitrogen functional groups attached to an aromatic ring is 1. The molecule has 0 saturated carbocycles. The summed E-state index contributed by atoms with van der Waals surface area (Å²) in [4.78, 5) is 4.14. The molecule has 3 rings (SSSR count). The molecular weight excluding hydrogens is 210 g/mol. The van der Waals surface area contributed by atoms with Gasteiger partial charge in [-0.15, -0.1) is 0 Å². The second-order valence-electron chi connectivity index (χ2n) is 3.05. The van der Waals surface area contributed by atoms with E-state index in [0.717, 1.165) is 16.1 Å². The van der Waals surface area contributed by atoms with Crippen LogP contribution < -0.4 is 5.73 Å². The van der Waals surface area contributed by atoms with Crippen molar-refractivity contribution >= 4 is 23.0 Å². The minimum absolute atomic E-state index is 0.310. The molecule has 0 radical (unpaired) electrons. The second kappa shape index (κ2) is 3.03. The quantitative estimate of drug-likeness (QED) is 0.669. The summed E-state index contributed by atoms with van der Waals surface area (Å²) in [5.74, 6) is 0.310. The summed E-state index contributed by atoms with van der Waals surface area (Å²) in [7, 11) is 0. The van der Waals surface area contributed by atoms with Crippen molar-refractivity contribution in [2.75, 3.05) is 5.73 Å². The highest BCUT2D eigenvalue weighted by Crippen LogP contribution is 2.26. The Morgan fingerprint density at radius 2 is 2.27 bits per heavy atom. The monoisotopic (exact) mass is 217 g/mol. The number of hydrogen-bond donors (Lipinski definition) is 1. The van der Waals surface area contributed by atoms with Gasteiger partial charge < -0.3 is 5.73 Å². The van der Waals surface area contributed by atoms with Crippen LogP contribution in [0, 0.1) is 0 Å². The number of nitrogens with zero attached hydrogens (tertiary/aromatic N) is 4. The molecule has 0 bridgehead atoms. The number of anilines is 1. The number of rotatable bonds is 1. The first kappa shape index (κ1) is 8.37. The van der Waals surface area contributed by atoms with Crippen molar-refractivity contribution in [3.05, 3.63) is 30.6 Å². The zero-order valence-electron chi connectivity index (χ0n) is 7.66. The summed E-state index contributed by atoms with van der Waals surface area (Å²) in [6, 6.07) is 5.88. The van der Waals surface area contributed by atoms with E-state index in [-0.39, 0.29) is 0 Å². The Kier molecular flexibility index (Phi) is 1.69. The Balaban J connectivity index is 2.27. The van der Waals surface area contributed by atoms with Gasteiger partial charge in [0.1, 0.15) is 5.01 Å². The van der Waals surface area contributed by atoms with E-state index in [0.29, 0.717) is 5.95 Å². The second-order valence-corrected chi connectivity index (χ2v) is 3.80. The number of aromatic nitrogens is 4. The molecule has 0 amide bonds. The molecule has 15 heavy (non-hydrogen) atoms. The topological polar surface area (TPSA) is 69.1 Å². The third kappa shape index (κ3) is 1.26. The number of fused-ring (bicyclic) bond motifs is 1. The zero-order chi connectivity index (χ0) is 10.3.